The van der Waals surface area contributed by atoms with Crippen molar-refractivity contribution in [3.05, 3.63) is 41.5 Å². The molecule has 0 fully saturated rings. The third kappa shape index (κ3) is 3.06. The van der Waals surface area contributed by atoms with Crippen LogP contribution in [0.4, 0.5) is 10.1 Å². The summed E-state index contributed by atoms with van der Waals surface area (Å²) in [6.45, 7) is 2.43. The van der Waals surface area contributed by atoms with Crippen LogP contribution in [0, 0.1) is 12.7 Å². The van der Waals surface area contributed by atoms with Crippen molar-refractivity contribution in [1.29, 1.82) is 0 Å². The van der Waals surface area contributed by atoms with Crippen LogP contribution < -0.4 is 11.1 Å². The van der Waals surface area contributed by atoms with Gasteiger partial charge in [-0.2, -0.15) is 0 Å². The standard InChI is InChI=1S/C12H14FN5O/c1-8-10(13)6-9(7-11(8)14)12(19)15-2-4-18-5-3-16-17-18/h3,5-7H,2,4,14H2,1H3,(H,15,19). The lowest BCUT2D eigenvalue weighted by Crippen LogP contribution is -2.27. The number of nitrogen functional groups attached to an aromatic ring is 1. The van der Waals surface area contributed by atoms with Crippen molar-refractivity contribution < 1.29 is 9.18 Å². The molecule has 0 bridgehead atoms. The average molecular weight is 263 g/mol. The molecule has 19 heavy (non-hydrogen) atoms. The molecule has 6 nitrogen and oxygen atoms in total. The summed E-state index contributed by atoms with van der Waals surface area (Å²) in [5.74, 6) is -0.854. The summed E-state index contributed by atoms with van der Waals surface area (Å²) >= 11 is 0. The zero-order valence-electron chi connectivity index (χ0n) is 10.4. The molecule has 1 amide bonds. The van der Waals surface area contributed by atoms with E-state index in [0.717, 1.165) is 0 Å². The van der Waals surface area contributed by atoms with Gasteiger partial charge in [0.05, 0.1) is 12.7 Å². The highest BCUT2D eigenvalue weighted by Gasteiger charge is 2.10. The van der Waals surface area contributed by atoms with Gasteiger partial charge in [0.2, 0.25) is 0 Å². The number of aromatic nitrogens is 3. The van der Waals surface area contributed by atoms with Crippen LogP contribution in [0.3, 0.4) is 0 Å². The molecular formula is C12H14FN5O. The van der Waals surface area contributed by atoms with Gasteiger partial charge in [0.15, 0.2) is 0 Å². The van der Waals surface area contributed by atoms with E-state index in [1.165, 1.54) is 12.1 Å². The Morgan fingerprint density at radius 1 is 1.53 bits per heavy atom. The normalized spacial score (nSPS) is 10.4. The van der Waals surface area contributed by atoms with Crippen LogP contribution in [0.5, 0.6) is 0 Å². The number of amides is 1. The number of hydrogen-bond acceptors (Lipinski definition) is 4. The molecule has 2 rings (SSSR count). The lowest BCUT2D eigenvalue weighted by Gasteiger charge is -2.08. The predicted octanol–water partition coefficient (Wildman–Crippen LogP) is 0.738. The minimum atomic E-state index is -0.485. The molecule has 0 aliphatic carbocycles. The van der Waals surface area contributed by atoms with Gasteiger partial charge >= 0.3 is 0 Å². The van der Waals surface area contributed by atoms with Crippen LogP contribution in [0.15, 0.2) is 24.5 Å². The molecule has 0 saturated heterocycles. The SMILES string of the molecule is Cc1c(N)cc(C(=O)NCCn2ccnn2)cc1F. The fourth-order valence-electron chi connectivity index (χ4n) is 1.57. The van der Waals surface area contributed by atoms with Gasteiger partial charge in [-0.25, -0.2) is 4.39 Å². The Hall–Kier alpha value is -2.44. The van der Waals surface area contributed by atoms with E-state index in [1.54, 1.807) is 24.0 Å². The van der Waals surface area contributed by atoms with Crippen molar-refractivity contribution >= 4 is 11.6 Å². The van der Waals surface area contributed by atoms with Crippen LogP contribution in [-0.2, 0) is 6.54 Å². The molecule has 0 spiro atoms. The van der Waals surface area contributed by atoms with Gasteiger partial charge in [0.1, 0.15) is 5.82 Å². The summed E-state index contributed by atoms with van der Waals surface area (Å²) in [6.07, 6.45) is 3.24. The Morgan fingerprint density at radius 2 is 2.32 bits per heavy atom. The number of nitrogens with one attached hydrogen (secondary N) is 1. The topological polar surface area (TPSA) is 85.8 Å². The molecule has 0 saturated carbocycles. The van der Waals surface area contributed by atoms with Crippen LogP contribution in [0.25, 0.3) is 0 Å². The van der Waals surface area contributed by atoms with E-state index in [1.807, 2.05) is 0 Å². The Kier molecular flexibility index (Phi) is 3.74. The monoisotopic (exact) mass is 263 g/mol. The van der Waals surface area contributed by atoms with E-state index >= 15 is 0 Å². The summed E-state index contributed by atoms with van der Waals surface area (Å²) in [4.78, 5) is 11.8. The number of anilines is 1. The van der Waals surface area contributed by atoms with Crippen molar-refractivity contribution in [1.82, 2.24) is 20.3 Å². The van der Waals surface area contributed by atoms with Crippen LogP contribution in [0.2, 0.25) is 0 Å². The zero-order chi connectivity index (χ0) is 13.8. The Bertz CT molecular complexity index is 559. The second-order valence-electron chi connectivity index (χ2n) is 4.09. The van der Waals surface area contributed by atoms with Crippen molar-refractivity contribution in [3.63, 3.8) is 0 Å². The lowest BCUT2D eigenvalue weighted by atomic mass is 10.1. The highest BCUT2D eigenvalue weighted by atomic mass is 19.1. The highest BCUT2D eigenvalue weighted by molar-refractivity contribution is 5.95. The maximum atomic E-state index is 13.5. The van der Waals surface area contributed by atoms with Gasteiger partial charge in [-0.15, -0.1) is 5.10 Å². The fraction of sp³-hybridized carbons (Fsp3) is 0.250. The lowest BCUT2D eigenvalue weighted by molar-refractivity contribution is 0.0951. The first kappa shape index (κ1) is 13.0. The van der Waals surface area contributed by atoms with Gasteiger partial charge in [-0.05, 0) is 19.1 Å². The molecule has 3 N–H and O–H groups in total. The molecule has 0 radical (unpaired) electrons. The van der Waals surface area contributed by atoms with Gasteiger partial charge < -0.3 is 11.1 Å². The Morgan fingerprint density at radius 3 is 2.95 bits per heavy atom. The van der Waals surface area contributed by atoms with Gasteiger partial charge in [0.25, 0.3) is 5.91 Å². The minimum Gasteiger partial charge on any atom is -0.398 e. The number of hydrogen-bond donors (Lipinski definition) is 2. The molecule has 100 valence electrons. The molecule has 0 atom stereocenters. The first-order valence-corrected chi connectivity index (χ1v) is 5.76. The van der Waals surface area contributed by atoms with Gasteiger partial charge in [0, 0.05) is 29.6 Å². The molecule has 7 heteroatoms. The summed E-state index contributed by atoms with van der Waals surface area (Å²) in [6, 6.07) is 2.64. The van der Waals surface area contributed by atoms with Crippen molar-refractivity contribution in [2.45, 2.75) is 13.5 Å². The molecule has 0 aliphatic rings. The Balaban J connectivity index is 1.96. The molecule has 0 aliphatic heterocycles. The largest absolute Gasteiger partial charge is 0.398 e. The van der Waals surface area contributed by atoms with Crippen molar-refractivity contribution in [3.8, 4) is 0 Å². The first-order valence-electron chi connectivity index (χ1n) is 5.76. The molecule has 0 unspecified atom stereocenters. The minimum absolute atomic E-state index is 0.208. The molecular weight excluding hydrogens is 249 g/mol. The van der Waals surface area contributed by atoms with Crippen LogP contribution >= 0.6 is 0 Å². The smallest absolute Gasteiger partial charge is 0.251 e. The summed E-state index contributed by atoms with van der Waals surface area (Å²) < 4.78 is 15.1. The third-order valence-corrected chi connectivity index (χ3v) is 2.75. The predicted molar refractivity (Wildman–Crippen MR) is 67.9 cm³/mol. The second-order valence-corrected chi connectivity index (χ2v) is 4.09. The molecule has 2 aromatic rings. The summed E-state index contributed by atoms with van der Waals surface area (Å²) in [5.41, 5.74) is 6.44. The molecule has 1 aromatic heterocycles. The van der Waals surface area contributed by atoms with E-state index in [9.17, 15) is 9.18 Å². The summed E-state index contributed by atoms with van der Waals surface area (Å²) in [7, 11) is 0. The average Bonchev–Trinajstić information content (AvgIpc) is 2.88. The molecule has 1 heterocycles. The van der Waals surface area contributed by atoms with Crippen LogP contribution in [-0.4, -0.2) is 27.4 Å². The number of carbonyl (C=O) groups is 1. The quantitative estimate of drug-likeness (QED) is 0.796. The van der Waals surface area contributed by atoms with E-state index in [-0.39, 0.29) is 17.2 Å². The zero-order valence-corrected chi connectivity index (χ0v) is 10.4. The number of benzene rings is 1. The van der Waals surface area contributed by atoms with Gasteiger partial charge in [-0.1, -0.05) is 5.21 Å². The van der Waals surface area contributed by atoms with Crippen molar-refractivity contribution in [2.75, 3.05) is 12.3 Å². The number of nitrogens with zero attached hydrogens (tertiary/aromatic N) is 3. The first-order chi connectivity index (χ1) is 9.08. The number of carbonyl (C=O) groups excluding carboxylic acids is 1. The number of halogens is 1. The summed E-state index contributed by atoms with van der Waals surface area (Å²) in [5, 5.41) is 10.1. The van der Waals surface area contributed by atoms with Crippen LogP contribution in [0.1, 0.15) is 15.9 Å². The van der Waals surface area contributed by atoms with Gasteiger partial charge in [-0.3, -0.25) is 9.48 Å². The van der Waals surface area contributed by atoms with E-state index in [0.29, 0.717) is 18.7 Å². The third-order valence-electron chi connectivity index (χ3n) is 2.75. The van der Waals surface area contributed by atoms with E-state index in [2.05, 4.69) is 15.6 Å². The fourth-order valence-corrected chi connectivity index (χ4v) is 1.57. The van der Waals surface area contributed by atoms with E-state index in [4.69, 9.17) is 5.73 Å². The second kappa shape index (κ2) is 5.47. The maximum absolute atomic E-state index is 13.5. The molecule has 1 aromatic carbocycles. The number of rotatable bonds is 4. The Labute approximate surface area is 109 Å². The van der Waals surface area contributed by atoms with E-state index < -0.39 is 5.82 Å². The highest BCUT2D eigenvalue weighted by Crippen LogP contribution is 2.17. The van der Waals surface area contributed by atoms with Crippen molar-refractivity contribution in [2.24, 2.45) is 0 Å². The number of nitrogens with two attached hydrogens (primary N) is 1. The maximum Gasteiger partial charge on any atom is 0.251 e.